The minimum Gasteiger partial charge on any atom is -0.480 e. The zero-order chi connectivity index (χ0) is 24.3. The molecule has 2 N–H and O–H groups in total. The van der Waals surface area contributed by atoms with Gasteiger partial charge in [-0.2, -0.15) is 0 Å². The molecule has 0 radical (unpaired) electrons. The van der Waals surface area contributed by atoms with E-state index in [1.54, 1.807) is 18.2 Å². The third kappa shape index (κ3) is 6.76. The Labute approximate surface area is 199 Å². The summed E-state index contributed by atoms with van der Waals surface area (Å²) in [7, 11) is 0. The molecule has 3 amide bonds. The third-order valence-corrected chi connectivity index (χ3v) is 5.15. The molecule has 176 valence electrons. The minimum atomic E-state index is -1.29. The van der Waals surface area contributed by atoms with E-state index >= 15 is 0 Å². The fourth-order valence-electron chi connectivity index (χ4n) is 3.41. The van der Waals surface area contributed by atoms with E-state index in [9.17, 15) is 19.5 Å². The maximum Gasteiger partial charge on any atom is 0.328 e. The van der Waals surface area contributed by atoms with Gasteiger partial charge in [0, 0.05) is 12.1 Å². The molecule has 3 rings (SSSR count). The lowest BCUT2D eigenvalue weighted by atomic mass is 10.0. The molecule has 34 heavy (non-hydrogen) atoms. The summed E-state index contributed by atoms with van der Waals surface area (Å²) in [5.74, 6) is -1.73. The van der Waals surface area contributed by atoms with E-state index in [4.69, 9.17) is 4.74 Å². The van der Waals surface area contributed by atoms with Gasteiger partial charge in [-0.15, -0.1) is 0 Å². The second-order valence-electron chi connectivity index (χ2n) is 7.74. The van der Waals surface area contributed by atoms with Crippen LogP contribution in [0, 0.1) is 0 Å². The summed E-state index contributed by atoms with van der Waals surface area (Å²) in [6.45, 7) is 1.97. The lowest BCUT2D eigenvalue weighted by molar-refractivity contribution is -0.141. The quantitative estimate of drug-likeness (QED) is 0.462. The van der Waals surface area contributed by atoms with Crippen LogP contribution in [-0.4, -0.2) is 47.1 Å². The predicted octanol–water partition coefficient (Wildman–Crippen LogP) is 4.59. The zero-order valence-corrected chi connectivity index (χ0v) is 19.0. The molecule has 0 fully saturated rings. The van der Waals surface area contributed by atoms with Crippen LogP contribution in [0.2, 0.25) is 0 Å². The lowest BCUT2D eigenvalue weighted by Gasteiger charge is -2.23. The Morgan fingerprint density at radius 1 is 0.912 bits per heavy atom. The van der Waals surface area contributed by atoms with Crippen molar-refractivity contribution in [2.75, 3.05) is 13.2 Å². The summed E-state index contributed by atoms with van der Waals surface area (Å²) in [4.78, 5) is 38.9. The standard InChI is InChI=1S/C27H28N2O5/c1-2-16-29(25(30)23-15-9-14-22(17-23)21-12-7-4-8-13-21)27(33)28-24(26(31)32)19-34-18-20-10-5-3-6-11-20/h3-15,17,24H,2,16,18-19H2,1H3,(H,28,33)(H,31,32). The van der Waals surface area contributed by atoms with Crippen molar-refractivity contribution in [3.05, 3.63) is 96.1 Å². The molecule has 0 aliphatic heterocycles. The number of carboxylic acids is 1. The van der Waals surface area contributed by atoms with Crippen molar-refractivity contribution in [2.45, 2.75) is 26.0 Å². The molecule has 0 aromatic heterocycles. The van der Waals surface area contributed by atoms with Gasteiger partial charge in [0.15, 0.2) is 6.04 Å². The number of nitrogens with zero attached hydrogens (tertiary/aromatic N) is 1. The Bertz CT molecular complexity index is 1100. The van der Waals surface area contributed by atoms with E-state index in [1.807, 2.05) is 73.7 Å². The number of urea groups is 1. The van der Waals surface area contributed by atoms with Crippen molar-refractivity contribution in [3.8, 4) is 11.1 Å². The normalized spacial score (nSPS) is 11.4. The summed E-state index contributed by atoms with van der Waals surface area (Å²) >= 11 is 0. The van der Waals surface area contributed by atoms with Crippen LogP contribution in [0.5, 0.6) is 0 Å². The van der Waals surface area contributed by atoms with Gasteiger partial charge in [0.2, 0.25) is 0 Å². The molecule has 0 saturated carbocycles. The molecule has 0 aliphatic rings. The van der Waals surface area contributed by atoms with E-state index in [0.29, 0.717) is 12.0 Å². The van der Waals surface area contributed by atoms with Gasteiger partial charge in [0.25, 0.3) is 5.91 Å². The molecule has 0 heterocycles. The summed E-state index contributed by atoms with van der Waals surface area (Å²) in [5.41, 5.74) is 3.03. The Morgan fingerprint density at radius 3 is 2.21 bits per heavy atom. The largest absolute Gasteiger partial charge is 0.480 e. The number of carbonyl (C=O) groups is 3. The van der Waals surface area contributed by atoms with Crippen molar-refractivity contribution in [3.63, 3.8) is 0 Å². The molecule has 3 aromatic carbocycles. The first-order valence-corrected chi connectivity index (χ1v) is 11.1. The van der Waals surface area contributed by atoms with Crippen molar-refractivity contribution < 1.29 is 24.2 Å². The van der Waals surface area contributed by atoms with Gasteiger partial charge in [-0.3, -0.25) is 9.69 Å². The highest BCUT2D eigenvalue weighted by Gasteiger charge is 2.27. The van der Waals surface area contributed by atoms with Gasteiger partial charge in [0.1, 0.15) is 0 Å². The van der Waals surface area contributed by atoms with E-state index in [2.05, 4.69) is 5.32 Å². The molecule has 0 saturated heterocycles. The van der Waals surface area contributed by atoms with E-state index < -0.39 is 23.9 Å². The number of amides is 3. The van der Waals surface area contributed by atoms with Crippen molar-refractivity contribution in [1.29, 1.82) is 0 Å². The summed E-state index contributed by atoms with van der Waals surface area (Å²) in [6, 6.07) is 23.9. The lowest BCUT2D eigenvalue weighted by Crippen LogP contribution is -2.51. The van der Waals surface area contributed by atoms with Crippen LogP contribution in [-0.2, 0) is 16.1 Å². The second-order valence-corrected chi connectivity index (χ2v) is 7.74. The highest BCUT2D eigenvalue weighted by Crippen LogP contribution is 2.21. The van der Waals surface area contributed by atoms with Crippen LogP contribution in [0.15, 0.2) is 84.9 Å². The minimum absolute atomic E-state index is 0.150. The van der Waals surface area contributed by atoms with Crippen molar-refractivity contribution >= 4 is 17.9 Å². The molecule has 1 unspecified atom stereocenters. The van der Waals surface area contributed by atoms with Gasteiger partial charge < -0.3 is 15.2 Å². The van der Waals surface area contributed by atoms with Gasteiger partial charge in [-0.05, 0) is 35.2 Å². The molecule has 0 bridgehead atoms. The molecular weight excluding hydrogens is 432 g/mol. The molecule has 0 spiro atoms. The number of aliphatic carboxylic acids is 1. The summed E-state index contributed by atoms with van der Waals surface area (Å²) in [5, 5.41) is 12.0. The van der Waals surface area contributed by atoms with E-state index in [-0.39, 0.29) is 19.8 Å². The summed E-state index contributed by atoms with van der Waals surface area (Å²) in [6.07, 6.45) is 0.528. The maximum atomic E-state index is 13.2. The summed E-state index contributed by atoms with van der Waals surface area (Å²) < 4.78 is 5.49. The first kappa shape index (κ1) is 24.7. The fraction of sp³-hybridized carbons (Fsp3) is 0.222. The molecule has 7 heteroatoms. The van der Waals surface area contributed by atoms with E-state index in [0.717, 1.165) is 21.6 Å². The molecule has 3 aromatic rings. The average molecular weight is 461 g/mol. The Hall–Kier alpha value is -3.97. The number of carbonyl (C=O) groups excluding carboxylic acids is 2. The first-order chi connectivity index (χ1) is 16.5. The molecule has 0 aliphatic carbocycles. The third-order valence-electron chi connectivity index (χ3n) is 5.15. The smallest absolute Gasteiger partial charge is 0.328 e. The van der Waals surface area contributed by atoms with Crippen LogP contribution in [0.1, 0.15) is 29.3 Å². The van der Waals surface area contributed by atoms with Crippen molar-refractivity contribution in [1.82, 2.24) is 10.2 Å². The number of imide groups is 1. The topological polar surface area (TPSA) is 95.9 Å². The Balaban J connectivity index is 1.69. The van der Waals surface area contributed by atoms with Crippen LogP contribution in [0.25, 0.3) is 11.1 Å². The zero-order valence-electron chi connectivity index (χ0n) is 19.0. The number of rotatable bonds is 10. The highest BCUT2D eigenvalue weighted by atomic mass is 16.5. The molecule has 1 atom stereocenters. The predicted molar refractivity (Wildman–Crippen MR) is 129 cm³/mol. The monoisotopic (exact) mass is 460 g/mol. The number of benzene rings is 3. The van der Waals surface area contributed by atoms with E-state index in [1.165, 1.54) is 0 Å². The van der Waals surface area contributed by atoms with Gasteiger partial charge >= 0.3 is 12.0 Å². The fourth-order valence-corrected chi connectivity index (χ4v) is 3.41. The number of carboxylic acid groups (broad SMARTS) is 1. The van der Waals surface area contributed by atoms with Crippen LogP contribution >= 0.6 is 0 Å². The Morgan fingerprint density at radius 2 is 1.56 bits per heavy atom. The number of hydrogen-bond acceptors (Lipinski definition) is 4. The second kappa shape index (κ2) is 12.3. The van der Waals surface area contributed by atoms with Crippen molar-refractivity contribution in [2.24, 2.45) is 0 Å². The SMILES string of the molecule is CCCN(C(=O)NC(COCc1ccccc1)C(=O)O)C(=O)c1cccc(-c2ccccc2)c1. The number of nitrogens with one attached hydrogen (secondary N) is 1. The van der Waals surface area contributed by atoms with Gasteiger partial charge in [-0.1, -0.05) is 79.7 Å². The van der Waals surface area contributed by atoms with Crippen LogP contribution in [0.3, 0.4) is 0 Å². The first-order valence-electron chi connectivity index (χ1n) is 11.1. The maximum absolute atomic E-state index is 13.2. The van der Waals surface area contributed by atoms with Gasteiger partial charge in [0.05, 0.1) is 13.2 Å². The Kier molecular flexibility index (Phi) is 8.94. The molecular formula is C27H28N2O5. The average Bonchev–Trinajstić information content (AvgIpc) is 2.87. The van der Waals surface area contributed by atoms with Gasteiger partial charge in [-0.25, -0.2) is 9.59 Å². The molecule has 7 nitrogen and oxygen atoms in total. The number of hydrogen-bond donors (Lipinski definition) is 2. The van der Waals surface area contributed by atoms with Crippen LogP contribution in [0.4, 0.5) is 4.79 Å². The number of ether oxygens (including phenoxy) is 1. The highest BCUT2D eigenvalue weighted by molar-refractivity contribution is 6.05. The van der Waals surface area contributed by atoms with Crippen LogP contribution < -0.4 is 5.32 Å².